The van der Waals surface area contributed by atoms with E-state index in [0.717, 1.165) is 62.3 Å². The van der Waals surface area contributed by atoms with E-state index in [1.54, 1.807) is 25.2 Å². The number of anilines is 1. The second-order valence-corrected chi connectivity index (χ2v) is 17.9. The van der Waals surface area contributed by atoms with E-state index in [1.165, 1.54) is 11.1 Å². The number of ether oxygens (including phenoxy) is 3. The molecular weight excluding hydrogens is 688 g/mol. The monoisotopic (exact) mass is 738 g/mol. The van der Waals surface area contributed by atoms with Crippen LogP contribution in [0.15, 0.2) is 52.9 Å². The van der Waals surface area contributed by atoms with Gasteiger partial charge in [-0.05, 0) is 104 Å². The van der Waals surface area contributed by atoms with E-state index < -0.39 is 21.9 Å². The number of carbonyl (C=O) groups is 2. The van der Waals surface area contributed by atoms with Crippen LogP contribution in [0.5, 0.6) is 5.75 Å². The smallest absolute Gasteiger partial charge is 0.329 e. The lowest BCUT2D eigenvalue weighted by Crippen LogP contribution is -2.49. The number of amides is 3. The molecule has 7 rings (SSSR count). The normalized spacial score (nSPS) is 32.9. The van der Waals surface area contributed by atoms with Crippen LogP contribution in [0.2, 0.25) is 5.02 Å². The van der Waals surface area contributed by atoms with Crippen LogP contribution < -0.4 is 14.4 Å². The molecule has 10 nitrogen and oxygen atoms in total. The highest BCUT2D eigenvalue weighted by Crippen LogP contribution is 2.47. The van der Waals surface area contributed by atoms with Gasteiger partial charge in [-0.2, -0.15) is 0 Å². The van der Waals surface area contributed by atoms with Gasteiger partial charge in [-0.3, -0.25) is 9.52 Å². The van der Waals surface area contributed by atoms with Crippen LogP contribution >= 0.6 is 11.6 Å². The van der Waals surface area contributed by atoms with Gasteiger partial charge < -0.3 is 24.0 Å². The number of carbonyl (C=O) groups excluding carboxylic acids is 2. The highest BCUT2D eigenvalue weighted by atomic mass is 35.5. The van der Waals surface area contributed by atoms with Gasteiger partial charge in [-0.15, -0.1) is 4.36 Å². The number of fused-ring (bicyclic) bond motifs is 4. The second kappa shape index (κ2) is 15.1. The summed E-state index contributed by atoms with van der Waals surface area (Å²) in [5.41, 5.74) is 3.45. The average molecular weight is 739 g/mol. The molecule has 1 spiro atoms. The quantitative estimate of drug-likeness (QED) is 0.350. The Balaban J connectivity index is 1.26. The summed E-state index contributed by atoms with van der Waals surface area (Å²) in [6.07, 6.45) is 10.8. The molecule has 7 atom stereocenters. The molecule has 3 amide bonds. The van der Waals surface area contributed by atoms with E-state index in [9.17, 15) is 13.8 Å². The summed E-state index contributed by atoms with van der Waals surface area (Å²) in [5, 5.41) is 0.745. The Morgan fingerprint density at radius 3 is 2.80 bits per heavy atom. The van der Waals surface area contributed by atoms with E-state index in [2.05, 4.69) is 38.3 Å². The Morgan fingerprint density at radius 2 is 2.02 bits per heavy atom. The SMILES string of the molecule is COC[C@@H]1CCN(C(=O)N[S@@]2(=O)=NC(=O)c3ccc4c(c3)N(C[C@@H]3CC[C@H]3[C@@H](OC)/C=C/C[C@H](C)C2)C[C@@]2(CCCc3cc(Cl)ccc32)CO4)C1. The zero-order valence-electron chi connectivity index (χ0n) is 30.0. The molecule has 2 aromatic rings. The van der Waals surface area contributed by atoms with E-state index >= 15 is 0 Å². The Bertz CT molecular complexity index is 1790. The van der Waals surface area contributed by atoms with Gasteiger partial charge in [0.1, 0.15) is 15.7 Å². The largest absolute Gasteiger partial charge is 0.490 e. The van der Waals surface area contributed by atoms with Crippen molar-refractivity contribution in [1.29, 1.82) is 0 Å². The number of rotatable bonds is 4. The molecule has 2 aromatic carbocycles. The third-order valence-corrected chi connectivity index (χ3v) is 13.9. The van der Waals surface area contributed by atoms with Gasteiger partial charge in [0.05, 0.1) is 30.8 Å². The number of allylic oxidation sites excluding steroid dienone is 1. The van der Waals surface area contributed by atoms with Gasteiger partial charge >= 0.3 is 6.03 Å². The Hall–Kier alpha value is -3.12. The third kappa shape index (κ3) is 7.68. The van der Waals surface area contributed by atoms with Crippen molar-refractivity contribution >= 4 is 39.1 Å². The number of nitrogens with one attached hydrogen (secondary N) is 1. The van der Waals surface area contributed by atoms with Crippen LogP contribution in [0.3, 0.4) is 0 Å². The molecule has 0 radical (unpaired) electrons. The van der Waals surface area contributed by atoms with Gasteiger partial charge in [0, 0.05) is 62.3 Å². The highest BCUT2D eigenvalue weighted by Gasteiger charge is 2.44. The minimum absolute atomic E-state index is 0.0417. The fraction of sp³-hybridized carbons (Fsp3) is 0.590. The number of hydrogen-bond donors (Lipinski definition) is 1. The molecule has 51 heavy (non-hydrogen) atoms. The first-order chi connectivity index (χ1) is 24.6. The van der Waals surface area contributed by atoms with Crippen LogP contribution in [0.4, 0.5) is 10.5 Å². The second-order valence-electron chi connectivity index (χ2n) is 15.4. The molecule has 0 aromatic heterocycles. The first kappa shape index (κ1) is 36.2. The van der Waals surface area contributed by atoms with E-state index in [1.807, 2.05) is 25.1 Å². The zero-order chi connectivity index (χ0) is 35.8. The van der Waals surface area contributed by atoms with Crippen molar-refractivity contribution in [2.24, 2.45) is 28.0 Å². The molecule has 0 unspecified atom stereocenters. The first-order valence-corrected chi connectivity index (χ1v) is 20.5. The predicted molar refractivity (Wildman–Crippen MR) is 200 cm³/mol. The number of urea groups is 1. The van der Waals surface area contributed by atoms with Gasteiger partial charge in [0.25, 0.3) is 5.91 Å². The average Bonchev–Trinajstić information content (AvgIpc) is 3.50. The summed E-state index contributed by atoms with van der Waals surface area (Å²) >= 11 is 6.46. The summed E-state index contributed by atoms with van der Waals surface area (Å²) in [5.74, 6) is 0.981. The van der Waals surface area contributed by atoms with E-state index in [0.29, 0.717) is 55.9 Å². The van der Waals surface area contributed by atoms with Crippen LogP contribution in [-0.2, 0) is 31.2 Å². The molecule has 2 fully saturated rings. The molecule has 1 N–H and O–H groups in total. The summed E-state index contributed by atoms with van der Waals surface area (Å²) < 4.78 is 39.6. The molecule has 2 aliphatic carbocycles. The standard InChI is InChI=1S/C39H51ClN4O6S/c1-26-6-4-8-35(49-3)32-12-9-30(32)21-44-24-39(16-5-7-28-18-31(40)11-13-33(28)39)25-50-36-14-10-29(19-34(36)44)37(45)41-51(47,23-26)42-38(46)43-17-15-27(20-43)22-48-2/h4,8,10-11,13-14,18-19,26-27,30,32,35H,5-7,9,12,15-17,20-25H2,1-3H3,(H,41,42,45,46,47)/b8-4+/t26-,27+,30-,32+,35-,39-,51-/m0/s1. The van der Waals surface area contributed by atoms with Crippen molar-refractivity contribution in [3.05, 3.63) is 70.3 Å². The molecular formula is C39H51ClN4O6S. The van der Waals surface area contributed by atoms with E-state index in [4.69, 9.17) is 25.8 Å². The summed E-state index contributed by atoms with van der Waals surface area (Å²) in [4.78, 5) is 31.5. The van der Waals surface area contributed by atoms with Crippen LogP contribution in [0, 0.1) is 23.7 Å². The van der Waals surface area contributed by atoms with Crippen LogP contribution in [-0.4, -0.2) is 86.5 Å². The summed E-state index contributed by atoms with van der Waals surface area (Å²) in [6.45, 7) is 5.59. The fourth-order valence-corrected chi connectivity index (χ4v) is 11.0. The predicted octanol–water partition coefficient (Wildman–Crippen LogP) is 6.65. The Morgan fingerprint density at radius 1 is 1.16 bits per heavy atom. The number of halogens is 1. The number of likely N-dealkylation sites (tertiary alicyclic amines) is 1. The van der Waals surface area contributed by atoms with Crippen molar-refractivity contribution in [3.8, 4) is 5.75 Å². The number of aryl methyl sites for hydroxylation is 1. The minimum Gasteiger partial charge on any atom is -0.490 e. The maximum atomic E-state index is 14.6. The number of methoxy groups -OCH3 is 2. The lowest BCUT2D eigenvalue weighted by molar-refractivity contribution is 0.0131. The van der Waals surface area contributed by atoms with Crippen molar-refractivity contribution in [2.75, 3.05) is 64.3 Å². The van der Waals surface area contributed by atoms with Crippen molar-refractivity contribution < 1.29 is 28.0 Å². The molecule has 3 heterocycles. The molecule has 276 valence electrons. The zero-order valence-corrected chi connectivity index (χ0v) is 31.6. The number of nitrogens with zero attached hydrogens (tertiary/aromatic N) is 3. The summed E-state index contributed by atoms with van der Waals surface area (Å²) in [6, 6.07) is 11.2. The lowest BCUT2D eigenvalue weighted by atomic mass is 9.68. The number of benzene rings is 2. The highest BCUT2D eigenvalue weighted by molar-refractivity contribution is 7.92. The lowest BCUT2D eigenvalue weighted by Gasteiger charge is -2.46. The van der Waals surface area contributed by atoms with Crippen LogP contribution in [0.25, 0.3) is 0 Å². The first-order valence-electron chi connectivity index (χ1n) is 18.4. The molecule has 1 saturated heterocycles. The number of hydrogen-bond acceptors (Lipinski definition) is 7. The fourth-order valence-electron chi connectivity index (χ4n) is 8.96. The molecule has 2 bridgehead atoms. The Labute approximate surface area is 307 Å². The maximum absolute atomic E-state index is 14.6. The third-order valence-electron chi connectivity index (χ3n) is 11.7. The van der Waals surface area contributed by atoms with E-state index in [-0.39, 0.29) is 29.1 Å². The van der Waals surface area contributed by atoms with Gasteiger partial charge in [0.15, 0.2) is 0 Å². The summed E-state index contributed by atoms with van der Waals surface area (Å²) in [7, 11) is -0.0565. The van der Waals surface area contributed by atoms with Crippen molar-refractivity contribution in [2.45, 2.75) is 63.4 Å². The van der Waals surface area contributed by atoms with Gasteiger partial charge in [0.2, 0.25) is 0 Å². The molecule has 3 aliphatic heterocycles. The maximum Gasteiger partial charge on any atom is 0.329 e. The van der Waals surface area contributed by atoms with Gasteiger partial charge in [-0.25, -0.2) is 9.00 Å². The van der Waals surface area contributed by atoms with Crippen molar-refractivity contribution in [3.63, 3.8) is 0 Å². The molecule has 12 heteroatoms. The topological polar surface area (TPSA) is 110 Å². The molecule has 1 saturated carbocycles. The minimum atomic E-state index is -3.48. The Kier molecular flexibility index (Phi) is 10.7. The van der Waals surface area contributed by atoms with Crippen LogP contribution in [0.1, 0.15) is 66.9 Å². The van der Waals surface area contributed by atoms with Gasteiger partial charge in [-0.1, -0.05) is 36.7 Å². The molecule has 5 aliphatic rings. The van der Waals surface area contributed by atoms with Crippen molar-refractivity contribution in [1.82, 2.24) is 9.62 Å².